The Morgan fingerprint density at radius 2 is 1.50 bits per heavy atom. The lowest BCUT2D eigenvalue weighted by Crippen LogP contribution is -2.37. The lowest BCUT2D eigenvalue weighted by Gasteiger charge is -2.30. The van der Waals surface area contributed by atoms with Crippen LogP contribution in [0.5, 0.6) is 0 Å². The Labute approximate surface area is 102 Å². The second-order valence-electron chi connectivity index (χ2n) is 5.02. The maximum absolute atomic E-state index is 5.43. The maximum Gasteiger partial charge on any atom is 0.00412 e. The van der Waals surface area contributed by atoms with E-state index in [4.69, 9.17) is 5.73 Å². The molecule has 3 N–H and O–H groups in total. The van der Waals surface area contributed by atoms with Gasteiger partial charge in [0.25, 0.3) is 0 Å². The zero-order valence-corrected chi connectivity index (χ0v) is 11.6. The maximum atomic E-state index is 5.43. The molecular weight excluding hydrogens is 198 g/mol. The van der Waals surface area contributed by atoms with Crippen LogP contribution in [0.1, 0.15) is 47.0 Å². The monoisotopic (exact) mass is 229 g/mol. The van der Waals surface area contributed by atoms with Crippen LogP contribution in [0.2, 0.25) is 0 Å². The Balaban J connectivity index is 3.41. The quantitative estimate of drug-likeness (QED) is 0.562. The van der Waals surface area contributed by atoms with E-state index in [9.17, 15) is 0 Å². The molecule has 0 aliphatic carbocycles. The van der Waals surface area contributed by atoms with Gasteiger partial charge in [0.15, 0.2) is 0 Å². The molecule has 3 nitrogen and oxygen atoms in total. The first kappa shape index (κ1) is 15.9. The first-order valence-corrected chi connectivity index (χ1v) is 6.76. The number of nitrogens with one attached hydrogen (secondary N) is 1. The minimum atomic E-state index is 0.658. The molecule has 0 rings (SSSR count). The average Bonchev–Trinajstić information content (AvgIpc) is 2.21. The van der Waals surface area contributed by atoms with E-state index >= 15 is 0 Å². The molecule has 0 aromatic heterocycles. The van der Waals surface area contributed by atoms with Gasteiger partial charge in [-0.15, -0.1) is 0 Å². The number of unbranched alkanes of at least 4 members (excludes halogenated alkanes) is 1. The van der Waals surface area contributed by atoms with Crippen molar-refractivity contribution in [3.05, 3.63) is 0 Å². The predicted octanol–water partition coefficient (Wildman–Crippen LogP) is 1.82. The number of hydrogen-bond acceptors (Lipinski definition) is 3. The van der Waals surface area contributed by atoms with Gasteiger partial charge in [-0.25, -0.2) is 0 Å². The number of hydrogen-bond donors (Lipinski definition) is 2. The molecule has 0 aromatic rings. The van der Waals surface area contributed by atoms with E-state index in [1.165, 1.54) is 19.4 Å². The Morgan fingerprint density at radius 1 is 0.938 bits per heavy atom. The molecule has 0 atom stereocenters. The van der Waals surface area contributed by atoms with E-state index in [0.717, 1.165) is 26.1 Å². The third-order valence-corrected chi connectivity index (χ3v) is 2.90. The van der Waals surface area contributed by atoms with E-state index in [0.29, 0.717) is 12.1 Å². The minimum Gasteiger partial charge on any atom is -0.330 e. The highest BCUT2D eigenvalue weighted by Crippen LogP contribution is 2.06. The van der Waals surface area contributed by atoms with Crippen LogP contribution in [0.25, 0.3) is 0 Å². The summed E-state index contributed by atoms with van der Waals surface area (Å²) in [5, 5.41) is 3.42. The number of rotatable bonds is 10. The van der Waals surface area contributed by atoms with Crippen molar-refractivity contribution in [1.82, 2.24) is 10.2 Å². The van der Waals surface area contributed by atoms with E-state index in [1.54, 1.807) is 0 Å². The van der Waals surface area contributed by atoms with Gasteiger partial charge >= 0.3 is 0 Å². The second-order valence-corrected chi connectivity index (χ2v) is 5.02. The molecule has 0 heterocycles. The first-order chi connectivity index (χ1) is 7.59. The lowest BCUT2D eigenvalue weighted by molar-refractivity contribution is 0.171. The summed E-state index contributed by atoms with van der Waals surface area (Å²) in [5.74, 6) is 0. The Kier molecular flexibility index (Phi) is 9.99. The molecule has 3 heteroatoms. The normalized spacial score (nSPS) is 12.0. The van der Waals surface area contributed by atoms with Gasteiger partial charge in [0, 0.05) is 12.1 Å². The van der Waals surface area contributed by atoms with E-state index in [1.807, 2.05) is 0 Å². The molecule has 0 bridgehead atoms. The van der Waals surface area contributed by atoms with Gasteiger partial charge in [-0.05, 0) is 73.1 Å². The third-order valence-electron chi connectivity index (χ3n) is 2.90. The molecule has 0 spiro atoms. The fourth-order valence-electron chi connectivity index (χ4n) is 2.01. The van der Waals surface area contributed by atoms with Crippen molar-refractivity contribution < 1.29 is 0 Å². The van der Waals surface area contributed by atoms with Gasteiger partial charge < -0.3 is 11.1 Å². The van der Waals surface area contributed by atoms with Crippen molar-refractivity contribution >= 4 is 0 Å². The molecular formula is C13H31N3. The lowest BCUT2D eigenvalue weighted by atomic mass is 10.2. The highest BCUT2D eigenvalue weighted by molar-refractivity contribution is 4.67. The van der Waals surface area contributed by atoms with Crippen LogP contribution in [0, 0.1) is 0 Å². The zero-order chi connectivity index (χ0) is 12.4. The highest BCUT2D eigenvalue weighted by atomic mass is 15.2. The van der Waals surface area contributed by atoms with Crippen molar-refractivity contribution in [3.8, 4) is 0 Å². The van der Waals surface area contributed by atoms with Crippen LogP contribution in [0.3, 0.4) is 0 Å². The molecule has 0 radical (unpaired) electrons. The molecule has 0 saturated heterocycles. The van der Waals surface area contributed by atoms with Crippen molar-refractivity contribution in [2.24, 2.45) is 5.73 Å². The average molecular weight is 229 g/mol. The minimum absolute atomic E-state index is 0.658. The van der Waals surface area contributed by atoms with Crippen LogP contribution in [-0.4, -0.2) is 43.2 Å². The Bertz CT molecular complexity index is 138. The molecule has 0 saturated carbocycles. The third kappa shape index (κ3) is 8.08. The van der Waals surface area contributed by atoms with Gasteiger partial charge in [0.05, 0.1) is 0 Å². The van der Waals surface area contributed by atoms with Gasteiger partial charge in [-0.1, -0.05) is 0 Å². The summed E-state index contributed by atoms with van der Waals surface area (Å²) in [6, 6.07) is 1.32. The highest BCUT2D eigenvalue weighted by Gasteiger charge is 2.11. The summed E-state index contributed by atoms with van der Waals surface area (Å²) in [4.78, 5) is 2.56. The summed E-state index contributed by atoms with van der Waals surface area (Å²) in [7, 11) is 0. The van der Waals surface area contributed by atoms with E-state index in [-0.39, 0.29) is 0 Å². The smallest absolute Gasteiger partial charge is 0.00412 e. The van der Waals surface area contributed by atoms with Gasteiger partial charge in [-0.3, -0.25) is 4.90 Å². The van der Waals surface area contributed by atoms with Crippen LogP contribution in [0.15, 0.2) is 0 Å². The van der Waals surface area contributed by atoms with Gasteiger partial charge in [0.1, 0.15) is 0 Å². The molecule has 0 unspecified atom stereocenters. The standard InChI is InChI=1S/C13H31N3/c1-12(2)16(13(3)4)11-6-5-9-15-10-7-8-14/h12-13,15H,5-11,14H2,1-4H3. The van der Waals surface area contributed by atoms with E-state index < -0.39 is 0 Å². The van der Waals surface area contributed by atoms with Crippen LogP contribution >= 0.6 is 0 Å². The summed E-state index contributed by atoms with van der Waals surface area (Å²) >= 11 is 0. The Hall–Kier alpha value is -0.120. The van der Waals surface area contributed by atoms with E-state index in [2.05, 4.69) is 37.9 Å². The number of nitrogens with two attached hydrogens (primary N) is 1. The summed E-state index contributed by atoms with van der Waals surface area (Å²) < 4.78 is 0. The molecule has 0 aliphatic heterocycles. The molecule has 16 heavy (non-hydrogen) atoms. The predicted molar refractivity (Wildman–Crippen MR) is 72.8 cm³/mol. The van der Waals surface area contributed by atoms with Gasteiger partial charge in [-0.2, -0.15) is 0 Å². The van der Waals surface area contributed by atoms with Crippen LogP contribution in [0.4, 0.5) is 0 Å². The SMILES string of the molecule is CC(C)N(CCCCNCCCN)C(C)C. The second kappa shape index (κ2) is 10.1. The molecule has 0 aromatic carbocycles. The van der Waals surface area contributed by atoms with Crippen molar-refractivity contribution in [1.29, 1.82) is 0 Å². The number of nitrogens with zero attached hydrogens (tertiary/aromatic N) is 1. The topological polar surface area (TPSA) is 41.3 Å². The van der Waals surface area contributed by atoms with Crippen LogP contribution in [-0.2, 0) is 0 Å². The molecule has 0 aliphatic rings. The summed E-state index contributed by atoms with van der Waals surface area (Å²) in [6.07, 6.45) is 3.64. The van der Waals surface area contributed by atoms with Crippen molar-refractivity contribution in [2.75, 3.05) is 26.2 Å². The first-order valence-electron chi connectivity index (χ1n) is 6.76. The molecule has 98 valence electrons. The van der Waals surface area contributed by atoms with Crippen LogP contribution < -0.4 is 11.1 Å². The largest absolute Gasteiger partial charge is 0.330 e. The summed E-state index contributed by atoms with van der Waals surface area (Å²) in [5.41, 5.74) is 5.43. The molecule has 0 fully saturated rings. The fraction of sp³-hybridized carbons (Fsp3) is 1.00. The van der Waals surface area contributed by atoms with Crippen molar-refractivity contribution in [2.45, 2.75) is 59.0 Å². The molecule has 0 amide bonds. The fourth-order valence-corrected chi connectivity index (χ4v) is 2.01. The van der Waals surface area contributed by atoms with Crippen molar-refractivity contribution in [3.63, 3.8) is 0 Å². The Morgan fingerprint density at radius 3 is 2.00 bits per heavy atom. The summed E-state index contributed by atoms with van der Waals surface area (Å²) in [6.45, 7) is 13.3. The van der Waals surface area contributed by atoms with Gasteiger partial charge in [0.2, 0.25) is 0 Å². The zero-order valence-electron chi connectivity index (χ0n) is 11.6.